The number of pyridine rings is 1. The zero-order valence-corrected chi connectivity index (χ0v) is 24.0. The lowest BCUT2D eigenvalue weighted by atomic mass is 10.1. The minimum absolute atomic E-state index is 0.271. The molecule has 3 rings (SSSR count). The number of benzene rings is 1. The van der Waals surface area contributed by atoms with E-state index in [4.69, 9.17) is 14.3 Å². The van der Waals surface area contributed by atoms with Crippen molar-refractivity contribution in [2.75, 3.05) is 19.8 Å². The van der Waals surface area contributed by atoms with E-state index in [1.807, 2.05) is 50.4 Å². The molecule has 0 bridgehead atoms. The van der Waals surface area contributed by atoms with Crippen LogP contribution in [0.2, 0.25) is 0 Å². The number of aromatic nitrogens is 1. The number of fused-ring (bicyclic) bond motifs is 1. The van der Waals surface area contributed by atoms with E-state index in [1.54, 1.807) is 47.7 Å². The molecule has 216 valence electrons. The van der Waals surface area contributed by atoms with E-state index in [2.05, 4.69) is 21.1 Å². The number of ether oxygens (including phenoxy) is 2. The lowest BCUT2D eigenvalue weighted by molar-refractivity contribution is -0.179. The van der Waals surface area contributed by atoms with Crippen molar-refractivity contribution >= 4 is 39.3 Å². The molecule has 11 nitrogen and oxygen atoms in total. The molecule has 3 aromatic rings. The first-order chi connectivity index (χ1) is 19.3. The van der Waals surface area contributed by atoms with Crippen molar-refractivity contribution in [3.05, 3.63) is 65.3 Å². The van der Waals surface area contributed by atoms with Crippen LogP contribution in [0, 0.1) is 0 Å². The third-order valence-electron chi connectivity index (χ3n) is 6.05. The zero-order valence-electron chi connectivity index (χ0n) is 23.2. The van der Waals surface area contributed by atoms with Crippen molar-refractivity contribution in [2.45, 2.75) is 59.2 Å². The van der Waals surface area contributed by atoms with Crippen LogP contribution in [0.4, 0.5) is 4.79 Å². The first-order valence-corrected chi connectivity index (χ1v) is 14.0. The smallest absolute Gasteiger partial charge is 0.338 e. The fraction of sp³-hybridized carbons (Fsp3) is 0.429. The molecule has 2 heterocycles. The molecule has 0 saturated heterocycles. The Labute approximate surface area is 238 Å². The van der Waals surface area contributed by atoms with Gasteiger partial charge >= 0.3 is 6.03 Å². The second-order valence-corrected chi connectivity index (χ2v) is 9.87. The maximum absolute atomic E-state index is 13.7. The fourth-order valence-corrected chi connectivity index (χ4v) is 5.00. The van der Waals surface area contributed by atoms with E-state index in [0.29, 0.717) is 19.8 Å². The van der Waals surface area contributed by atoms with Gasteiger partial charge in [-0.25, -0.2) is 10.3 Å². The van der Waals surface area contributed by atoms with Crippen LogP contribution in [0.25, 0.3) is 10.1 Å². The van der Waals surface area contributed by atoms with Gasteiger partial charge in [0.15, 0.2) is 12.9 Å². The van der Waals surface area contributed by atoms with Gasteiger partial charge in [-0.2, -0.15) is 0 Å². The molecule has 1 aromatic carbocycles. The molecule has 0 spiro atoms. The second kappa shape index (κ2) is 15.9. The highest BCUT2D eigenvalue weighted by molar-refractivity contribution is 7.17. The Hall–Kier alpha value is -3.58. The van der Waals surface area contributed by atoms with E-state index in [9.17, 15) is 14.4 Å². The summed E-state index contributed by atoms with van der Waals surface area (Å²) in [7, 11) is 0. The van der Waals surface area contributed by atoms with E-state index >= 15 is 0 Å². The number of rotatable bonds is 15. The number of carbonyl (C=O) groups excluding carboxylic acids is 3. The maximum atomic E-state index is 13.7. The standard InChI is InChI=1S/C28H37N5O6S/c1-5-37-27(38-6-2)20(4)33(16-22-18-40-24-10-8-7-9-23(22)24)26(35)19(3)31-25(34)17-39-32-28(36)30-15-21-11-13-29-14-12-21/h7-14,18-20,27H,5-6,15-17H2,1-4H3,(H,31,34)(H2,30,32,36)/t19-,20-/m0/s1. The molecule has 0 aliphatic carbocycles. The lowest BCUT2D eigenvalue weighted by Crippen LogP contribution is -2.54. The number of urea groups is 1. The highest BCUT2D eigenvalue weighted by atomic mass is 32.1. The number of thiophene rings is 1. The zero-order chi connectivity index (χ0) is 28.9. The Kier molecular flexibility index (Phi) is 12.3. The number of carbonyl (C=O) groups is 3. The van der Waals surface area contributed by atoms with Gasteiger partial charge in [0.2, 0.25) is 11.8 Å². The summed E-state index contributed by atoms with van der Waals surface area (Å²) < 4.78 is 12.7. The normalized spacial score (nSPS) is 12.6. The molecule has 2 atom stereocenters. The molecule has 0 saturated carbocycles. The summed E-state index contributed by atoms with van der Waals surface area (Å²) in [6, 6.07) is 9.64. The van der Waals surface area contributed by atoms with Crippen molar-refractivity contribution in [3.8, 4) is 0 Å². The molecule has 0 radical (unpaired) electrons. The molecule has 4 amide bonds. The van der Waals surface area contributed by atoms with Gasteiger partial charge in [0.25, 0.3) is 0 Å². The largest absolute Gasteiger partial charge is 0.351 e. The van der Waals surface area contributed by atoms with Gasteiger partial charge in [-0.1, -0.05) is 18.2 Å². The van der Waals surface area contributed by atoms with Crippen LogP contribution in [0.3, 0.4) is 0 Å². The van der Waals surface area contributed by atoms with Crippen molar-refractivity contribution in [3.63, 3.8) is 0 Å². The second-order valence-electron chi connectivity index (χ2n) is 8.96. The van der Waals surface area contributed by atoms with Crippen molar-refractivity contribution < 1.29 is 28.7 Å². The fourth-order valence-electron chi connectivity index (χ4n) is 4.04. The third kappa shape index (κ3) is 8.98. The van der Waals surface area contributed by atoms with Gasteiger partial charge in [0.05, 0.1) is 6.04 Å². The van der Waals surface area contributed by atoms with Crippen LogP contribution in [0.5, 0.6) is 0 Å². The summed E-state index contributed by atoms with van der Waals surface area (Å²) in [5.74, 6) is -0.862. The highest BCUT2D eigenvalue weighted by Gasteiger charge is 2.32. The lowest BCUT2D eigenvalue weighted by Gasteiger charge is -2.35. The minimum Gasteiger partial charge on any atom is -0.351 e. The highest BCUT2D eigenvalue weighted by Crippen LogP contribution is 2.28. The maximum Gasteiger partial charge on any atom is 0.338 e. The van der Waals surface area contributed by atoms with E-state index in [1.165, 1.54) is 0 Å². The van der Waals surface area contributed by atoms with E-state index in [0.717, 1.165) is 21.2 Å². The SMILES string of the molecule is CCOC(OCC)[C@H](C)N(Cc1csc2ccccc12)C(=O)[C@H](C)NC(=O)CONC(=O)NCc1ccncc1. The summed E-state index contributed by atoms with van der Waals surface area (Å²) >= 11 is 1.61. The van der Waals surface area contributed by atoms with Gasteiger partial charge in [-0.3, -0.25) is 19.4 Å². The van der Waals surface area contributed by atoms with Gasteiger partial charge in [0, 0.05) is 43.4 Å². The van der Waals surface area contributed by atoms with Gasteiger partial charge in [-0.05, 0) is 67.8 Å². The quantitative estimate of drug-likeness (QED) is 0.188. The molecule has 40 heavy (non-hydrogen) atoms. The predicted molar refractivity (Wildman–Crippen MR) is 152 cm³/mol. The summed E-state index contributed by atoms with van der Waals surface area (Å²) in [5, 5.41) is 8.37. The number of hydrogen-bond donors (Lipinski definition) is 3. The number of nitrogens with zero attached hydrogens (tertiary/aromatic N) is 2. The van der Waals surface area contributed by atoms with Gasteiger partial charge in [-0.15, -0.1) is 11.3 Å². The average Bonchev–Trinajstić information content (AvgIpc) is 3.37. The van der Waals surface area contributed by atoms with Crippen molar-refractivity contribution in [1.29, 1.82) is 0 Å². The third-order valence-corrected chi connectivity index (χ3v) is 7.06. The molecule has 3 N–H and O–H groups in total. The Bertz CT molecular complexity index is 1230. The molecule has 0 aliphatic rings. The molecule has 2 aromatic heterocycles. The van der Waals surface area contributed by atoms with Crippen LogP contribution in [0.1, 0.15) is 38.8 Å². The predicted octanol–water partition coefficient (Wildman–Crippen LogP) is 3.35. The van der Waals surface area contributed by atoms with E-state index < -0.39 is 36.9 Å². The first kappa shape index (κ1) is 31.0. The van der Waals surface area contributed by atoms with Crippen LogP contribution >= 0.6 is 11.3 Å². The molecular weight excluding hydrogens is 534 g/mol. The summed E-state index contributed by atoms with van der Waals surface area (Å²) in [6.07, 6.45) is 2.61. The average molecular weight is 572 g/mol. The van der Waals surface area contributed by atoms with Crippen molar-refractivity contribution in [1.82, 2.24) is 26.0 Å². The molecule has 0 aliphatic heterocycles. The number of hydroxylamine groups is 1. The minimum atomic E-state index is -0.868. The molecule has 0 fully saturated rings. The number of amides is 4. The van der Waals surface area contributed by atoms with Crippen LogP contribution in [-0.4, -0.2) is 65.9 Å². The van der Waals surface area contributed by atoms with E-state index in [-0.39, 0.29) is 12.5 Å². The van der Waals surface area contributed by atoms with Gasteiger partial charge in [0.1, 0.15) is 6.04 Å². The Morgan fingerprint density at radius 3 is 2.42 bits per heavy atom. The molecular formula is C28H37N5O6S. The number of hydrogen-bond acceptors (Lipinski definition) is 8. The Morgan fingerprint density at radius 2 is 1.73 bits per heavy atom. The van der Waals surface area contributed by atoms with Gasteiger partial charge < -0.3 is 25.0 Å². The summed E-state index contributed by atoms with van der Waals surface area (Å²) in [4.78, 5) is 48.7. The van der Waals surface area contributed by atoms with Crippen LogP contribution in [-0.2, 0) is 37.0 Å². The monoisotopic (exact) mass is 571 g/mol. The first-order valence-electron chi connectivity index (χ1n) is 13.2. The van der Waals surface area contributed by atoms with Crippen molar-refractivity contribution in [2.24, 2.45) is 0 Å². The molecule has 12 heteroatoms. The number of nitrogens with one attached hydrogen (secondary N) is 3. The summed E-state index contributed by atoms with van der Waals surface area (Å²) in [5.41, 5.74) is 4.02. The Morgan fingerprint density at radius 1 is 1.02 bits per heavy atom. The Balaban J connectivity index is 1.60. The molecule has 0 unspecified atom stereocenters. The van der Waals surface area contributed by atoms with Crippen LogP contribution in [0.15, 0.2) is 54.2 Å². The summed E-state index contributed by atoms with van der Waals surface area (Å²) in [6.45, 7) is 8.18. The van der Waals surface area contributed by atoms with Crippen LogP contribution < -0.4 is 16.1 Å². The topological polar surface area (TPSA) is 131 Å².